The number of hydrogen-bond acceptors (Lipinski definition) is 10. The summed E-state index contributed by atoms with van der Waals surface area (Å²) in [6.07, 6.45) is 6.32. The monoisotopic (exact) mass is 490 g/mol. The standard InChI is InChI=1S/C18H26N6O3.C4H4O4/c1-22-18(25)21-16(14-20-22)27-13-4-3-8-23-9-11-24(12-10-23)17-15(26-2)6-5-7-19-17;5-3(6)1-2-4(7)8/h5-7,14H,3-4,8-13H2,1-2H3;1-2H,(H,5,6)(H,7,8). The van der Waals surface area contributed by atoms with Crippen LogP contribution >= 0.6 is 0 Å². The molecule has 2 aromatic rings. The minimum atomic E-state index is -1.26. The van der Waals surface area contributed by atoms with Crippen LogP contribution in [0.15, 0.2) is 41.5 Å². The summed E-state index contributed by atoms with van der Waals surface area (Å²) in [6, 6.07) is 3.83. The largest absolute Gasteiger partial charge is 0.493 e. The maximum Gasteiger partial charge on any atom is 0.366 e. The van der Waals surface area contributed by atoms with Crippen molar-refractivity contribution in [3.63, 3.8) is 0 Å². The molecule has 0 amide bonds. The summed E-state index contributed by atoms with van der Waals surface area (Å²) in [7, 11) is 3.24. The Labute approximate surface area is 202 Å². The van der Waals surface area contributed by atoms with E-state index in [9.17, 15) is 14.4 Å². The van der Waals surface area contributed by atoms with Gasteiger partial charge in [-0.3, -0.25) is 4.90 Å². The Hall–Kier alpha value is -4.00. The van der Waals surface area contributed by atoms with Gasteiger partial charge in [0.05, 0.1) is 13.7 Å². The predicted molar refractivity (Wildman–Crippen MR) is 126 cm³/mol. The molecule has 0 spiro atoms. The molecule has 1 aliphatic heterocycles. The number of pyridine rings is 1. The van der Waals surface area contributed by atoms with Crippen molar-refractivity contribution in [3.05, 3.63) is 47.2 Å². The zero-order chi connectivity index (χ0) is 25.6. The number of rotatable bonds is 10. The highest BCUT2D eigenvalue weighted by atomic mass is 16.5. The molecule has 1 fully saturated rings. The molecule has 0 aromatic carbocycles. The lowest BCUT2D eigenvalue weighted by Gasteiger charge is -2.35. The van der Waals surface area contributed by atoms with Crippen molar-refractivity contribution >= 4 is 17.8 Å². The van der Waals surface area contributed by atoms with Crippen molar-refractivity contribution in [3.8, 4) is 11.6 Å². The maximum atomic E-state index is 11.4. The second-order valence-corrected chi connectivity index (χ2v) is 7.42. The first-order valence-corrected chi connectivity index (χ1v) is 10.9. The fraction of sp³-hybridized carbons (Fsp3) is 0.455. The molecule has 0 aliphatic carbocycles. The van der Waals surface area contributed by atoms with Gasteiger partial charge < -0.3 is 24.6 Å². The topological polar surface area (TPSA) is 160 Å². The zero-order valence-corrected chi connectivity index (χ0v) is 19.7. The number of aliphatic carboxylic acids is 2. The van der Waals surface area contributed by atoms with Crippen LogP contribution in [0.3, 0.4) is 0 Å². The number of hydrogen-bond donors (Lipinski definition) is 2. The van der Waals surface area contributed by atoms with Crippen molar-refractivity contribution in [2.24, 2.45) is 7.05 Å². The fourth-order valence-electron chi connectivity index (χ4n) is 3.17. The Morgan fingerprint density at radius 3 is 2.40 bits per heavy atom. The lowest BCUT2D eigenvalue weighted by Crippen LogP contribution is -2.47. The van der Waals surface area contributed by atoms with E-state index in [4.69, 9.17) is 19.7 Å². The minimum absolute atomic E-state index is 0.288. The van der Waals surface area contributed by atoms with Gasteiger partial charge in [-0.15, -0.1) is 0 Å². The molecule has 2 aromatic heterocycles. The van der Waals surface area contributed by atoms with Gasteiger partial charge in [0.1, 0.15) is 6.20 Å². The van der Waals surface area contributed by atoms with E-state index in [1.54, 1.807) is 20.4 Å². The molecule has 0 radical (unpaired) electrons. The summed E-state index contributed by atoms with van der Waals surface area (Å²) in [4.78, 5) is 43.5. The molecule has 13 nitrogen and oxygen atoms in total. The number of aromatic nitrogens is 4. The average Bonchev–Trinajstić information content (AvgIpc) is 2.85. The number of methoxy groups -OCH3 is 1. The second-order valence-electron chi connectivity index (χ2n) is 7.42. The van der Waals surface area contributed by atoms with E-state index < -0.39 is 17.6 Å². The molecule has 2 N–H and O–H groups in total. The van der Waals surface area contributed by atoms with Gasteiger partial charge in [0.2, 0.25) is 5.88 Å². The first kappa shape index (κ1) is 27.2. The number of aryl methyl sites for hydroxylation is 1. The van der Waals surface area contributed by atoms with E-state index in [1.807, 2.05) is 12.1 Å². The van der Waals surface area contributed by atoms with Gasteiger partial charge in [0.25, 0.3) is 0 Å². The van der Waals surface area contributed by atoms with Crippen molar-refractivity contribution in [1.82, 2.24) is 24.6 Å². The fourth-order valence-corrected chi connectivity index (χ4v) is 3.17. The number of nitrogens with zero attached hydrogens (tertiary/aromatic N) is 6. The highest BCUT2D eigenvalue weighted by Crippen LogP contribution is 2.25. The maximum absolute atomic E-state index is 11.4. The SMILES string of the molecule is COc1cccnc1N1CCN(CCCCOc2cnn(C)c(=O)n2)CC1.O=C(O)C=CC(=O)O. The molecule has 35 heavy (non-hydrogen) atoms. The quantitative estimate of drug-likeness (QED) is 0.346. The molecular weight excluding hydrogens is 460 g/mol. The smallest absolute Gasteiger partial charge is 0.366 e. The van der Waals surface area contributed by atoms with Crippen LogP contribution in [0.1, 0.15) is 12.8 Å². The van der Waals surface area contributed by atoms with Crippen LogP contribution in [-0.2, 0) is 16.6 Å². The lowest BCUT2D eigenvalue weighted by atomic mass is 10.2. The van der Waals surface area contributed by atoms with Gasteiger partial charge in [-0.25, -0.2) is 24.0 Å². The molecule has 0 saturated carbocycles. The van der Waals surface area contributed by atoms with Crippen LogP contribution < -0.4 is 20.1 Å². The van der Waals surface area contributed by atoms with Crippen molar-refractivity contribution in [2.45, 2.75) is 12.8 Å². The summed E-state index contributed by atoms with van der Waals surface area (Å²) >= 11 is 0. The second kappa shape index (κ2) is 14.3. The van der Waals surface area contributed by atoms with Crippen LogP contribution in [0.4, 0.5) is 5.82 Å². The van der Waals surface area contributed by atoms with Gasteiger partial charge in [0, 0.05) is 51.6 Å². The molecular formula is C22H30N6O7. The molecule has 1 saturated heterocycles. The first-order valence-electron chi connectivity index (χ1n) is 10.9. The highest BCUT2D eigenvalue weighted by Gasteiger charge is 2.20. The number of carboxylic acid groups (broad SMARTS) is 2. The molecule has 190 valence electrons. The Morgan fingerprint density at radius 1 is 1.11 bits per heavy atom. The average molecular weight is 491 g/mol. The van der Waals surface area contributed by atoms with Crippen molar-refractivity contribution in [2.75, 3.05) is 51.3 Å². The molecule has 0 bridgehead atoms. The van der Waals surface area contributed by atoms with Gasteiger partial charge in [0.15, 0.2) is 11.6 Å². The van der Waals surface area contributed by atoms with Crippen LogP contribution in [0.2, 0.25) is 0 Å². The summed E-state index contributed by atoms with van der Waals surface area (Å²) in [6.45, 7) is 5.44. The number of anilines is 1. The number of ether oxygens (including phenoxy) is 2. The predicted octanol–water partition coefficient (Wildman–Crippen LogP) is 0.272. The normalized spacial score (nSPS) is 13.7. The minimum Gasteiger partial charge on any atom is -0.493 e. The lowest BCUT2D eigenvalue weighted by molar-refractivity contribution is -0.134. The third-order valence-corrected chi connectivity index (χ3v) is 4.95. The molecule has 0 unspecified atom stereocenters. The molecule has 3 rings (SSSR count). The van der Waals surface area contributed by atoms with E-state index in [-0.39, 0.29) is 5.88 Å². The number of unbranched alkanes of at least 4 members (excludes halogenated alkanes) is 1. The zero-order valence-electron chi connectivity index (χ0n) is 19.7. The van der Waals surface area contributed by atoms with E-state index >= 15 is 0 Å². The van der Waals surface area contributed by atoms with E-state index in [0.29, 0.717) is 18.8 Å². The molecule has 13 heteroatoms. The van der Waals surface area contributed by atoms with Crippen molar-refractivity contribution < 1.29 is 29.3 Å². The molecule has 0 atom stereocenters. The van der Waals surface area contributed by atoms with Crippen LogP contribution in [0, 0.1) is 0 Å². The first-order chi connectivity index (χ1) is 16.8. The Morgan fingerprint density at radius 2 is 1.80 bits per heavy atom. The molecule has 1 aliphatic rings. The van der Waals surface area contributed by atoms with Gasteiger partial charge >= 0.3 is 17.6 Å². The Kier molecular flexibility index (Phi) is 11.1. The highest BCUT2D eigenvalue weighted by molar-refractivity contribution is 5.89. The molecule has 3 heterocycles. The number of carbonyl (C=O) groups is 2. The van der Waals surface area contributed by atoms with Gasteiger partial charge in [-0.1, -0.05) is 0 Å². The summed E-state index contributed by atoms with van der Waals surface area (Å²) in [5.74, 6) is -0.485. The van der Waals surface area contributed by atoms with Crippen LogP contribution in [-0.4, -0.2) is 93.2 Å². The van der Waals surface area contributed by atoms with Gasteiger partial charge in [-0.05, 0) is 31.5 Å². The number of carboxylic acids is 2. The summed E-state index contributed by atoms with van der Waals surface area (Å²) in [5, 5.41) is 19.5. The van der Waals surface area contributed by atoms with E-state index in [2.05, 4.69) is 24.9 Å². The van der Waals surface area contributed by atoms with Crippen molar-refractivity contribution in [1.29, 1.82) is 0 Å². The van der Waals surface area contributed by atoms with Crippen LogP contribution in [0.25, 0.3) is 0 Å². The Bertz CT molecular complexity index is 1030. The third kappa shape index (κ3) is 9.80. The van der Waals surface area contributed by atoms with E-state index in [0.717, 1.165) is 57.1 Å². The summed E-state index contributed by atoms with van der Waals surface area (Å²) in [5.41, 5.74) is -0.407. The summed E-state index contributed by atoms with van der Waals surface area (Å²) < 4.78 is 12.1. The third-order valence-electron chi connectivity index (χ3n) is 4.95. The van der Waals surface area contributed by atoms with Crippen LogP contribution in [0.5, 0.6) is 11.6 Å². The number of piperazine rings is 1. The Balaban J connectivity index is 0.000000466. The van der Waals surface area contributed by atoms with E-state index in [1.165, 1.54) is 10.9 Å². The van der Waals surface area contributed by atoms with Gasteiger partial charge in [-0.2, -0.15) is 10.1 Å².